The first kappa shape index (κ1) is 10.8. The average molecular weight is 237 g/mol. The van der Waals surface area contributed by atoms with E-state index in [1.807, 2.05) is 32.2 Å². The highest BCUT2D eigenvalue weighted by Crippen LogP contribution is 2.25. The fourth-order valence-electron chi connectivity index (χ4n) is 2.21. The van der Waals surface area contributed by atoms with Crippen LogP contribution < -0.4 is 5.73 Å². The summed E-state index contributed by atoms with van der Waals surface area (Å²) >= 11 is 0. The Kier molecular flexibility index (Phi) is 2.33. The molecule has 0 aliphatic carbocycles. The maximum absolute atomic E-state index is 5.83. The van der Waals surface area contributed by atoms with Gasteiger partial charge in [0.25, 0.3) is 0 Å². The second-order valence-corrected chi connectivity index (χ2v) is 4.55. The molecule has 1 heterocycles. The number of imidazole rings is 1. The minimum Gasteiger partial charge on any atom is -0.399 e. The number of aromatic nitrogens is 2. The third kappa shape index (κ3) is 1.64. The molecule has 0 atom stereocenters. The van der Waals surface area contributed by atoms with Crippen molar-refractivity contribution < 1.29 is 0 Å². The van der Waals surface area contributed by atoms with E-state index in [2.05, 4.69) is 33.8 Å². The predicted octanol–water partition coefficient (Wildman–Crippen LogP) is 3.13. The predicted molar refractivity (Wildman–Crippen MR) is 75.3 cm³/mol. The number of aryl methyl sites for hydroxylation is 2. The van der Waals surface area contributed by atoms with Crippen LogP contribution in [0.2, 0.25) is 0 Å². The number of anilines is 1. The molecule has 0 radical (unpaired) electrons. The SMILES string of the molecule is Cc1nc2ccc(-c3cccc(N)c3)cc2n1C. The summed E-state index contributed by atoms with van der Waals surface area (Å²) in [6.07, 6.45) is 0. The molecular weight excluding hydrogens is 222 g/mol. The van der Waals surface area contributed by atoms with Crippen molar-refractivity contribution in [2.24, 2.45) is 7.05 Å². The Morgan fingerprint density at radius 2 is 1.83 bits per heavy atom. The average Bonchev–Trinajstić information content (AvgIpc) is 2.65. The zero-order chi connectivity index (χ0) is 12.7. The van der Waals surface area contributed by atoms with Crippen molar-refractivity contribution in [3.05, 3.63) is 48.3 Å². The summed E-state index contributed by atoms with van der Waals surface area (Å²) in [6, 6.07) is 14.2. The Labute approximate surface area is 106 Å². The molecule has 0 amide bonds. The molecule has 3 nitrogen and oxygen atoms in total. The molecule has 1 aromatic heterocycles. The molecule has 3 aromatic rings. The third-order valence-electron chi connectivity index (χ3n) is 3.32. The molecule has 0 aliphatic rings. The van der Waals surface area contributed by atoms with Crippen molar-refractivity contribution in [3.63, 3.8) is 0 Å². The molecular formula is C15H15N3. The Balaban J connectivity index is 2.21. The molecule has 0 bridgehead atoms. The monoisotopic (exact) mass is 237 g/mol. The quantitative estimate of drug-likeness (QED) is 0.661. The van der Waals surface area contributed by atoms with Crippen LogP contribution in [-0.4, -0.2) is 9.55 Å². The summed E-state index contributed by atoms with van der Waals surface area (Å²) in [5.74, 6) is 1.02. The summed E-state index contributed by atoms with van der Waals surface area (Å²) in [7, 11) is 2.04. The van der Waals surface area contributed by atoms with Crippen molar-refractivity contribution in [2.45, 2.75) is 6.92 Å². The first-order chi connectivity index (χ1) is 8.65. The Bertz CT molecular complexity index is 726. The second-order valence-electron chi connectivity index (χ2n) is 4.55. The normalized spacial score (nSPS) is 11.0. The standard InChI is InChI=1S/C15H15N3/c1-10-17-14-7-6-12(9-15(14)18(10)2)11-4-3-5-13(16)8-11/h3-9H,16H2,1-2H3. The minimum atomic E-state index is 0.786. The molecule has 0 spiro atoms. The van der Waals surface area contributed by atoms with Crippen LogP contribution in [0, 0.1) is 6.92 Å². The van der Waals surface area contributed by atoms with Crippen molar-refractivity contribution in [1.82, 2.24) is 9.55 Å². The number of benzene rings is 2. The van der Waals surface area contributed by atoms with Gasteiger partial charge in [-0.25, -0.2) is 4.98 Å². The van der Waals surface area contributed by atoms with Gasteiger partial charge < -0.3 is 10.3 Å². The Hall–Kier alpha value is -2.29. The van der Waals surface area contributed by atoms with Crippen molar-refractivity contribution >= 4 is 16.7 Å². The molecule has 3 rings (SSSR count). The maximum atomic E-state index is 5.83. The second kappa shape index (κ2) is 3.88. The number of nitrogens with zero attached hydrogens (tertiary/aromatic N) is 2. The lowest BCUT2D eigenvalue weighted by molar-refractivity contribution is 0.886. The lowest BCUT2D eigenvalue weighted by Crippen LogP contribution is -1.90. The van der Waals surface area contributed by atoms with Gasteiger partial charge in [0, 0.05) is 12.7 Å². The highest BCUT2D eigenvalue weighted by atomic mass is 15.0. The van der Waals surface area contributed by atoms with E-state index in [1.165, 1.54) is 0 Å². The van der Waals surface area contributed by atoms with Crippen LogP contribution >= 0.6 is 0 Å². The summed E-state index contributed by atoms with van der Waals surface area (Å²) in [5, 5.41) is 0. The van der Waals surface area contributed by atoms with Crippen LogP contribution in [-0.2, 0) is 7.05 Å². The minimum absolute atomic E-state index is 0.786. The highest BCUT2D eigenvalue weighted by Gasteiger charge is 2.06. The van der Waals surface area contributed by atoms with Crippen molar-refractivity contribution in [1.29, 1.82) is 0 Å². The lowest BCUT2D eigenvalue weighted by Gasteiger charge is -2.04. The van der Waals surface area contributed by atoms with E-state index < -0.39 is 0 Å². The molecule has 90 valence electrons. The first-order valence-electron chi connectivity index (χ1n) is 5.94. The van der Waals surface area contributed by atoms with E-state index >= 15 is 0 Å². The zero-order valence-corrected chi connectivity index (χ0v) is 10.5. The molecule has 0 aliphatic heterocycles. The largest absolute Gasteiger partial charge is 0.399 e. The molecule has 2 aromatic carbocycles. The molecule has 18 heavy (non-hydrogen) atoms. The van der Waals surface area contributed by atoms with Gasteiger partial charge in [0.05, 0.1) is 11.0 Å². The number of rotatable bonds is 1. The summed E-state index contributed by atoms with van der Waals surface area (Å²) in [5.41, 5.74) is 11.1. The van der Waals surface area contributed by atoms with E-state index in [0.29, 0.717) is 0 Å². The van der Waals surface area contributed by atoms with Gasteiger partial charge in [-0.15, -0.1) is 0 Å². The number of fused-ring (bicyclic) bond motifs is 1. The number of hydrogen-bond donors (Lipinski definition) is 1. The van der Waals surface area contributed by atoms with Gasteiger partial charge in [0.2, 0.25) is 0 Å². The smallest absolute Gasteiger partial charge is 0.106 e. The Morgan fingerprint density at radius 1 is 1.06 bits per heavy atom. The number of nitrogen functional groups attached to an aromatic ring is 1. The summed E-state index contributed by atoms with van der Waals surface area (Å²) in [4.78, 5) is 4.50. The lowest BCUT2D eigenvalue weighted by atomic mass is 10.0. The van der Waals surface area contributed by atoms with Gasteiger partial charge >= 0.3 is 0 Å². The molecule has 3 heteroatoms. The highest BCUT2D eigenvalue weighted by molar-refractivity contribution is 5.83. The molecule has 0 saturated carbocycles. The molecule has 2 N–H and O–H groups in total. The van der Waals surface area contributed by atoms with E-state index in [1.54, 1.807) is 0 Å². The van der Waals surface area contributed by atoms with Crippen LogP contribution in [0.3, 0.4) is 0 Å². The van der Waals surface area contributed by atoms with Crippen molar-refractivity contribution in [2.75, 3.05) is 5.73 Å². The van der Waals surface area contributed by atoms with Crippen LogP contribution in [0.25, 0.3) is 22.2 Å². The molecule has 0 unspecified atom stereocenters. The molecule has 0 saturated heterocycles. The zero-order valence-electron chi connectivity index (χ0n) is 10.5. The molecule has 0 fully saturated rings. The van der Waals surface area contributed by atoms with Gasteiger partial charge in [-0.2, -0.15) is 0 Å². The summed E-state index contributed by atoms with van der Waals surface area (Å²) in [6.45, 7) is 2.01. The van der Waals surface area contributed by atoms with Gasteiger partial charge in [-0.1, -0.05) is 18.2 Å². The van der Waals surface area contributed by atoms with Gasteiger partial charge in [0.15, 0.2) is 0 Å². The van der Waals surface area contributed by atoms with Gasteiger partial charge in [0.1, 0.15) is 5.82 Å². The third-order valence-corrected chi connectivity index (χ3v) is 3.32. The number of nitrogens with two attached hydrogens (primary N) is 1. The van der Waals surface area contributed by atoms with Crippen LogP contribution in [0.1, 0.15) is 5.82 Å². The first-order valence-corrected chi connectivity index (χ1v) is 5.94. The summed E-state index contributed by atoms with van der Waals surface area (Å²) < 4.78 is 2.10. The van der Waals surface area contributed by atoms with Gasteiger partial charge in [-0.3, -0.25) is 0 Å². The van der Waals surface area contributed by atoms with Gasteiger partial charge in [-0.05, 0) is 42.3 Å². The van der Waals surface area contributed by atoms with E-state index in [-0.39, 0.29) is 0 Å². The van der Waals surface area contributed by atoms with E-state index in [0.717, 1.165) is 33.7 Å². The van der Waals surface area contributed by atoms with Crippen LogP contribution in [0.5, 0.6) is 0 Å². The van der Waals surface area contributed by atoms with Crippen molar-refractivity contribution in [3.8, 4) is 11.1 Å². The fourth-order valence-corrected chi connectivity index (χ4v) is 2.21. The Morgan fingerprint density at radius 3 is 2.61 bits per heavy atom. The topological polar surface area (TPSA) is 43.8 Å². The number of hydrogen-bond acceptors (Lipinski definition) is 2. The van der Waals surface area contributed by atoms with E-state index in [9.17, 15) is 0 Å². The maximum Gasteiger partial charge on any atom is 0.106 e. The van der Waals surface area contributed by atoms with E-state index in [4.69, 9.17) is 5.73 Å². The fraction of sp³-hybridized carbons (Fsp3) is 0.133. The van der Waals surface area contributed by atoms with Crippen LogP contribution in [0.15, 0.2) is 42.5 Å². The van der Waals surface area contributed by atoms with Crippen LogP contribution in [0.4, 0.5) is 5.69 Å².